The molecule has 0 bridgehead atoms. The highest BCUT2D eigenvalue weighted by atomic mass is 16.3. The Labute approximate surface area is 42.3 Å². The Kier molecular flexibility index (Phi) is 0.964. The fourth-order valence-electron chi connectivity index (χ4n) is 0.657. The maximum absolute atomic E-state index is 10.4. The topological polar surface area (TPSA) is 32.1 Å². The van der Waals surface area contributed by atoms with Crippen molar-refractivity contribution >= 4 is 0 Å². The molecule has 1 heterocycles. The van der Waals surface area contributed by atoms with Gasteiger partial charge in [-0.25, -0.2) is 0 Å². The molecule has 0 amide bonds. The van der Waals surface area contributed by atoms with Gasteiger partial charge >= 0.3 is 0 Å². The first-order chi connectivity index (χ1) is 3.30. The second kappa shape index (κ2) is 1.48. The Hall–Kier alpha value is -0.600. The molecule has 0 saturated carbocycles. The van der Waals surface area contributed by atoms with Crippen LogP contribution < -0.4 is 5.43 Å². The third-order valence-corrected chi connectivity index (χ3v) is 1.23. The first-order valence-electron chi connectivity index (χ1n) is 2.50. The molecular weight excluding hydrogens is 92.1 g/mol. The zero-order valence-electron chi connectivity index (χ0n) is 4.35. The quantitative estimate of drug-likeness (QED) is 0.438. The highest BCUT2D eigenvalue weighted by Gasteiger charge is 2.25. The van der Waals surface area contributed by atoms with Crippen LogP contribution in [0, 0.1) is 4.91 Å². The number of nitrogens with zero attached hydrogens (tertiary/aromatic N) is 1. The summed E-state index contributed by atoms with van der Waals surface area (Å²) in [5.41, 5.74) is 2.65. The number of hydrogen-bond donors (Lipinski definition) is 1. The SMILES string of the molecule is CC1CCN[N+]1=O. The number of rotatable bonds is 0. The van der Waals surface area contributed by atoms with Crippen LogP contribution in [-0.2, 0) is 0 Å². The van der Waals surface area contributed by atoms with Crippen molar-refractivity contribution in [2.45, 2.75) is 19.4 Å². The van der Waals surface area contributed by atoms with Crippen LogP contribution in [0.4, 0.5) is 0 Å². The molecule has 1 saturated heterocycles. The Morgan fingerprint density at radius 1 is 1.86 bits per heavy atom. The molecule has 1 aliphatic rings. The van der Waals surface area contributed by atoms with Crippen molar-refractivity contribution in [2.24, 2.45) is 0 Å². The van der Waals surface area contributed by atoms with Crippen LogP contribution in [0.3, 0.4) is 0 Å². The van der Waals surface area contributed by atoms with Crippen molar-refractivity contribution in [3.05, 3.63) is 4.91 Å². The van der Waals surface area contributed by atoms with E-state index < -0.39 is 0 Å². The number of hydrogen-bond acceptors (Lipinski definition) is 1. The summed E-state index contributed by atoms with van der Waals surface area (Å²) < 4.78 is 0. The van der Waals surface area contributed by atoms with Gasteiger partial charge in [0.2, 0.25) is 6.04 Å². The Bertz CT molecular complexity index is 91.7. The second-order valence-electron chi connectivity index (χ2n) is 1.87. The Morgan fingerprint density at radius 2 is 2.57 bits per heavy atom. The minimum absolute atomic E-state index is 0.181. The highest BCUT2D eigenvalue weighted by Crippen LogP contribution is 1.98. The molecule has 1 rings (SSSR count). The van der Waals surface area contributed by atoms with E-state index in [1.54, 1.807) is 0 Å². The summed E-state index contributed by atoms with van der Waals surface area (Å²) in [5, 5.41) is 0. The van der Waals surface area contributed by atoms with Gasteiger partial charge in [0.15, 0.2) is 0 Å². The molecule has 1 atom stereocenters. The van der Waals surface area contributed by atoms with Gasteiger partial charge in [0.05, 0.1) is 11.5 Å². The zero-order chi connectivity index (χ0) is 5.28. The second-order valence-corrected chi connectivity index (χ2v) is 1.87. The smallest absolute Gasteiger partial charge is 0.153 e. The van der Waals surface area contributed by atoms with E-state index >= 15 is 0 Å². The van der Waals surface area contributed by atoms with Crippen LogP contribution >= 0.6 is 0 Å². The molecular formula is C4H9N2O+. The van der Waals surface area contributed by atoms with Crippen molar-refractivity contribution in [3.63, 3.8) is 0 Å². The first kappa shape index (κ1) is 4.56. The standard InChI is InChI=1S/C4H9N2O/c1-4-2-3-5-6(4)7/h4H,2-3H2,1H3,(H,5,7)/q+1. The molecule has 7 heavy (non-hydrogen) atoms. The fraction of sp³-hybridized carbons (Fsp3) is 1.00. The van der Waals surface area contributed by atoms with Crippen LogP contribution in [0.5, 0.6) is 0 Å². The summed E-state index contributed by atoms with van der Waals surface area (Å²) in [5.74, 6) is 0. The number of nitroso groups, excluding NO2 is 1. The van der Waals surface area contributed by atoms with Crippen molar-refractivity contribution in [1.29, 1.82) is 0 Å². The average molecular weight is 101 g/mol. The third-order valence-electron chi connectivity index (χ3n) is 1.23. The predicted octanol–water partition coefficient (Wildman–Crippen LogP) is 0.0621. The summed E-state index contributed by atoms with van der Waals surface area (Å²) in [6.07, 6.45) is 0.976. The summed E-state index contributed by atoms with van der Waals surface area (Å²) in [7, 11) is 0. The van der Waals surface area contributed by atoms with Gasteiger partial charge in [0.25, 0.3) is 0 Å². The normalized spacial score (nSPS) is 30.4. The van der Waals surface area contributed by atoms with E-state index in [0.717, 1.165) is 17.8 Å². The fourth-order valence-corrected chi connectivity index (χ4v) is 0.657. The molecule has 1 fully saturated rings. The van der Waals surface area contributed by atoms with Crippen molar-refractivity contribution in [3.8, 4) is 0 Å². The van der Waals surface area contributed by atoms with E-state index in [9.17, 15) is 4.91 Å². The lowest BCUT2D eigenvalue weighted by Crippen LogP contribution is -2.21. The molecule has 1 unspecified atom stereocenters. The molecule has 3 heteroatoms. The van der Waals surface area contributed by atoms with Crippen molar-refractivity contribution in [1.82, 2.24) is 5.43 Å². The largest absolute Gasteiger partial charge is 0.233 e. The molecule has 0 radical (unpaired) electrons. The van der Waals surface area contributed by atoms with Gasteiger partial charge in [-0.3, -0.25) is 0 Å². The monoisotopic (exact) mass is 101 g/mol. The molecule has 0 aromatic rings. The molecule has 0 aliphatic carbocycles. The summed E-state index contributed by atoms with van der Waals surface area (Å²) >= 11 is 0. The summed E-state index contributed by atoms with van der Waals surface area (Å²) in [6.45, 7) is 2.75. The van der Waals surface area contributed by atoms with Gasteiger partial charge in [0.1, 0.15) is 4.87 Å². The number of hydrazine groups is 1. The van der Waals surface area contributed by atoms with Crippen LogP contribution in [0.15, 0.2) is 0 Å². The lowest BCUT2D eigenvalue weighted by atomic mass is 10.3. The lowest BCUT2D eigenvalue weighted by Gasteiger charge is -1.81. The molecule has 0 spiro atoms. The Morgan fingerprint density at radius 3 is 2.71 bits per heavy atom. The maximum Gasteiger partial charge on any atom is 0.233 e. The van der Waals surface area contributed by atoms with Gasteiger partial charge < -0.3 is 0 Å². The van der Waals surface area contributed by atoms with E-state index in [2.05, 4.69) is 5.43 Å². The molecule has 40 valence electrons. The molecule has 1 N–H and O–H groups in total. The summed E-state index contributed by atoms with van der Waals surface area (Å²) in [4.78, 5) is 11.3. The van der Waals surface area contributed by atoms with Crippen LogP contribution in [0.1, 0.15) is 13.3 Å². The highest BCUT2D eigenvalue weighted by molar-refractivity contribution is 4.52. The zero-order valence-corrected chi connectivity index (χ0v) is 4.35. The lowest BCUT2D eigenvalue weighted by molar-refractivity contribution is -0.615. The Balaban J connectivity index is 2.48. The predicted molar refractivity (Wildman–Crippen MR) is 25.7 cm³/mol. The molecule has 3 nitrogen and oxygen atoms in total. The molecule has 1 aliphatic heterocycles. The van der Waals surface area contributed by atoms with Gasteiger partial charge in [-0.05, 0) is 0 Å². The minimum atomic E-state index is 0.181. The first-order valence-corrected chi connectivity index (χ1v) is 2.50. The summed E-state index contributed by atoms with van der Waals surface area (Å²) in [6, 6.07) is 0.181. The molecule has 0 aromatic carbocycles. The van der Waals surface area contributed by atoms with Gasteiger partial charge in [-0.2, -0.15) is 5.43 Å². The van der Waals surface area contributed by atoms with E-state index in [-0.39, 0.29) is 6.04 Å². The van der Waals surface area contributed by atoms with Crippen LogP contribution in [0.25, 0.3) is 0 Å². The van der Waals surface area contributed by atoms with E-state index in [0.29, 0.717) is 0 Å². The van der Waals surface area contributed by atoms with Gasteiger partial charge in [-0.15, -0.1) is 0 Å². The van der Waals surface area contributed by atoms with Gasteiger partial charge in [-0.1, -0.05) is 0 Å². The average Bonchev–Trinajstić information content (AvgIpc) is 1.91. The van der Waals surface area contributed by atoms with Gasteiger partial charge in [0, 0.05) is 13.3 Å². The van der Waals surface area contributed by atoms with E-state index in [1.165, 1.54) is 0 Å². The maximum atomic E-state index is 10.4. The van der Waals surface area contributed by atoms with E-state index in [1.807, 2.05) is 6.92 Å². The molecule has 0 aromatic heterocycles. The van der Waals surface area contributed by atoms with Crippen LogP contribution in [-0.4, -0.2) is 17.5 Å². The number of nitrogens with one attached hydrogen (secondary N) is 1. The van der Waals surface area contributed by atoms with Crippen molar-refractivity contribution in [2.75, 3.05) is 6.54 Å². The van der Waals surface area contributed by atoms with Crippen molar-refractivity contribution < 1.29 is 4.87 Å². The van der Waals surface area contributed by atoms with E-state index in [4.69, 9.17) is 0 Å². The minimum Gasteiger partial charge on any atom is -0.153 e. The third kappa shape index (κ3) is 0.706. The van der Waals surface area contributed by atoms with Crippen LogP contribution in [0.2, 0.25) is 0 Å².